The highest BCUT2D eigenvalue weighted by Crippen LogP contribution is 2.27. The van der Waals surface area contributed by atoms with Crippen LogP contribution in [0.3, 0.4) is 0 Å². The highest BCUT2D eigenvalue weighted by Gasteiger charge is 2.18. The van der Waals surface area contributed by atoms with Gasteiger partial charge in [0.05, 0.1) is 22.0 Å². The molecule has 0 saturated heterocycles. The van der Waals surface area contributed by atoms with Gasteiger partial charge < -0.3 is 16.8 Å². The van der Waals surface area contributed by atoms with Gasteiger partial charge in [-0.05, 0) is 42.8 Å². The van der Waals surface area contributed by atoms with Crippen molar-refractivity contribution in [3.63, 3.8) is 0 Å². The fraction of sp³-hybridized carbons (Fsp3) is 0.0435. The highest BCUT2D eigenvalue weighted by molar-refractivity contribution is 6.34. The SMILES string of the molecule is Cc1ccc(-c2ccc(Cl)c(C(=O)Nc3cc(C(N)=O)nn3-c3ccccc3)c2)nc1N. The number of primary amides is 1. The van der Waals surface area contributed by atoms with Gasteiger partial charge in [-0.2, -0.15) is 5.10 Å². The minimum absolute atomic E-state index is 0.0170. The zero-order valence-corrected chi connectivity index (χ0v) is 17.8. The van der Waals surface area contributed by atoms with Crippen molar-refractivity contribution in [3.05, 3.63) is 88.6 Å². The molecule has 32 heavy (non-hydrogen) atoms. The highest BCUT2D eigenvalue weighted by atomic mass is 35.5. The van der Waals surface area contributed by atoms with Gasteiger partial charge in [-0.25, -0.2) is 9.67 Å². The van der Waals surface area contributed by atoms with Crippen molar-refractivity contribution in [3.8, 4) is 16.9 Å². The third-order valence-electron chi connectivity index (χ3n) is 4.85. The van der Waals surface area contributed by atoms with E-state index >= 15 is 0 Å². The summed E-state index contributed by atoms with van der Waals surface area (Å²) in [4.78, 5) is 29.1. The number of carbonyl (C=O) groups is 2. The molecule has 0 radical (unpaired) electrons. The molecule has 2 amide bonds. The first-order valence-electron chi connectivity index (χ1n) is 9.63. The summed E-state index contributed by atoms with van der Waals surface area (Å²) in [5.74, 6) is -0.508. The van der Waals surface area contributed by atoms with Crippen LogP contribution in [0.5, 0.6) is 0 Å². The molecule has 9 heteroatoms. The van der Waals surface area contributed by atoms with Crippen LogP contribution in [0.15, 0.2) is 66.7 Å². The first-order chi connectivity index (χ1) is 15.3. The number of nitrogens with two attached hydrogens (primary N) is 2. The van der Waals surface area contributed by atoms with E-state index in [1.165, 1.54) is 10.7 Å². The van der Waals surface area contributed by atoms with E-state index in [2.05, 4.69) is 15.4 Å². The van der Waals surface area contributed by atoms with Crippen LogP contribution in [0.25, 0.3) is 16.9 Å². The number of nitrogens with zero attached hydrogens (tertiary/aromatic N) is 3. The van der Waals surface area contributed by atoms with E-state index in [4.69, 9.17) is 23.1 Å². The van der Waals surface area contributed by atoms with Crippen molar-refractivity contribution < 1.29 is 9.59 Å². The van der Waals surface area contributed by atoms with Crippen molar-refractivity contribution in [1.29, 1.82) is 0 Å². The number of pyridine rings is 1. The summed E-state index contributed by atoms with van der Waals surface area (Å²) in [6, 6.07) is 19.1. The maximum absolute atomic E-state index is 13.1. The van der Waals surface area contributed by atoms with Crippen molar-refractivity contribution in [1.82, 2.24) is 14.8 Å². The van der Waals surface area contributed by atoms with E-state index in [9.17, 15) is 9.59 Å². The number of rotatable bonds is 5. The number of carbonyl (C=O) groups excluding carboxylic acids is 2. The van der Waals surface area contributed by atoms with Gasteiger partial charge in [0.25, 0.3) is 11.8 Å². The molecule has 0 bridgehead atoms. The number of nitrogen functional groups attached to an aromatic ring is 1. The van der Waals surface area contributed by atoms with Crippen LogP contribution in [-0.4, -0.2) is 26.6 Å². The summed E-state index contributed by atoms with van der Waals surface area (Å²) >= 11 is 6.31. The molecule has 0 aliphatic heterocycles. The molecule has 0 fully saturated rings. The van der Waals surface area contributed by atoms with Crippen molar-refractivity contribution >= 4 is 35.1 Å². The number of anilines is 2. The molecule has 4 rings (SSSR count). The second-order valence-corrected chi connectivity index (χ2v) is 7.48. The van der Waals surface area contributed by atoms with Gasteiger partial charge in [-0.3, -0.25) is 9.59 Å². The van der Waals surface area contributed by atoms with E-state index in [0.29, 0.717) is 22.8 Å². The molecule has 8 nitrogen and oxygen atoms in total. The number of hydrogen-bond acceptors (Lipinski definition) is 5. The zero-order valence-electron chi connectivity index (χ0n) is 17.0. The Morgan fingerprint density at radius 1 is 1.03 bits per heavy atom. The summed E-state index contributed by atoms with van der Waals surface area (Å²) in [6.07, 6.45) is 0. The Kier molecular flexibility index (Phi) is 5.61. The van der Waals surface area contributed by atoms with E-state index in [1.54, 1.807) is 30.3 Å². The van der Waals surface area contributed by atoms with Crippen LogP contribution < -0.4 is 16.8 Å². The average Bonchev–Trinajstić information content (AvgIpc) is 3.20. The zero-order chi connectivity index (χ0) is 22.8. The van der Waals surface area contributed by atoms with Crippen molar-refractivity contribution in [2.45, 2.75) is 6.92 Å². The van der Waals surface area contributed by atoms with Gasteiger partial charge in [-0.15, -0.1) is 0 Å². The number of hydrogen-bond donors (Lipinski definition) is 3. The van der Waals surface area contributed by atoms with Gasteiger partial charge in [0.15, 0.2) is 5.69 Å². The Bertz CT molecular complexity index is 1330. The summed E-state index contributed by atoms with van der Waals surface area (Å²) in [5.41, 5.74) is 14.4. The lowest BCUT2D eigenvalue weighted by atomic mass is 10.1. The molecule has 0 unspecified atom stereocenters. The quantitative estimate of drug-likeness (QED) is 0.429. The van der Waals surface area contributed by atoms with Gasteiger partial charge in [0.1, 0.15) is 11.6 Å². The number of halogens is 1. The number of amides is 2. The topological polar surface area (TPSA) is 129 Å². The molecule has 2 aromatic carbocycles. The molecule has 160 valence electrons. The van der Waals surface area contributed by atoms with Gasteiger partial charge in [0.2, 0.25) is 0 Å². The Balaban J connectivity index is 1.70. The molecular weight excluding hydrogens is 428 g/mol. The largest absolute Gasteiger partial charge is 0.383 e. The summed E-state index contributed by atoms with van der Waals surface area (Å²) in [7, 11) is 0. The standard InChI is InChI=1S/C23H19ClN6O2/c1-13-7-10-18(27-21(13)25)14-8-9-17(24)16(11-14)23(32)28-20-12-19(22(26)31)29-30(20)15-5-3-2-4-6-15/h2-12H,1H3,(H2,25,27)(H2,26,31)(H,28,32). The molecule has 0 atom stereocenters. The Hall–Kier alpha value is -4.17. The molecule has 2 aromatic heterocycles. The number of benzene rings is 2. The lowest BCUT2D eigenvalue weighted by molar-refractivity contribution is 0.0992. The fourth-order valence-electron chi connectivity index (χ4n) is 3.10. The Morgan fingerprint density at radius 3 is 2.47 bits per heavy atom. The smallest absolute Gasteiger partial charge is 0.269 e. The fourth-order valence-corrected chi connectivity index (χ4v) is 3.31. The Labute approximate surface area is 188 Å². The molecule has 0 spiro atoms. The predicted molar refractivity (Wildman–Crippen MR) is 124 cm³/mol. The first kappa shape index (κ1) is 21.1. The van der Waals surface area contributed by atoms with Crippen molar-refractivity contribution in [2.24, 2.45) is 5.73 Å². The van der Waals surface area contributed by atoms with E-state index in [-0.39, 0.29) is 22.1 Å². The maximum atomic E-state index is 13.1. The second kappa shape index (κ2) is 8.52. The monoisotopic (exact) mass is 446 g/mol. The summed E-state index contributed by atoms with van der Waals surface area (Å²) < 4.78 is 1.43. The Morgan fingerprint density at radius 2 is 1.78 bits per heavy atom. The third kappa shape index (κ3) is 4.17. The average molecular weight is 447 g/mol. The van der Waals surface area contributed by atoms with Crippen LogP contribution in [0.1, 0.15) is 26.4 Å². The van der Waals surface area contributed by atoms with Gasteiger partial charge in [-0.1, -0.05) is 41.9 Å². The summed E-state index contributed by atoms with van der Waals surface area (Å²) in [6.45, 7) is 1.86. The van der Waals surface area contributed by atoms with E-state index in [1.807, 2.05) is 37.3 Å². The molecule has 2 heterocycles. The van der Waals surface area contributed by atoms with Crippen LogP contribution in [-0.2, 0) is 0 Å². The van der Waals surface area contributed by atoms with Crippen LogP contribution in [0.2, 0.25) is 5.02 Å². The number of aryl methyl sites for hydroxylation is 1. The van der Waals surface area contributed by atoms with Crippen LogP contribution >= 0.6 is 11.6 Å². The molecule has 0 saturated carbocycles. The third-order valence-corrected chi connectivity index (χ3v) is 5.18. The summed E-state index contributed by atoms with van der Waals surface area (Å²) in [5, 5.41) is 7.22. The number of aromatic nitrogens is 3. The normalized spacial score (nSPS) is 10.7. The molecular formula is C23H19ClN6O2. The van der Waals surface area contributed by atoms with E-state index < -0.39 is 11.8 Å². The van der Waals surface area contributed by atoms with Crippen LogP contribution in [0.4, 0.5) is 11.6 Å². The molecule has 0 aliphatic carbocycles. The lowest BCUT2D eigenvalue weighted by Crippen LogP contribution is -2.16. The van der Waals surface area contributed by atoms with Gasteiger partial charge >= 0.3 is 0 Å². The van der Waals surface area contributed by atoms with E-state index in [0.717, 1.165) is 5.56 Å². The molecule has 0 aliphatic rings. The minimum atomic E-state index is -0.710. The maximum Gasteiger partial charge on any atom is 0.269 e. The number of para-hydroxylation sites is 1. The minimum Gasteiger partial charge on any atom is -0.383 e. The second-order valence-electron chi connectivity index (χ2n) is 7.07. The van der Waals surface area contributed by atoms with Gasteiger partial charge in [0, 0.05) is 11.6 Å². The number of nitrogens with one attached hydrogen (secondary N) is 1. The lowest BCUT2D eigenvalue weighted by Gasteiger charge is -2.11. The molecule has 5 N–H and O–H groups in total. The first-order valence-corrected chi connectivity index (χ1v) is 10.0. The van der Waals surface area contributed by atoms with Crippen LogP contribution in [0, 0.1) is 6.92 Å². The molecule has 4 aromatic rings. The van der Waals surface area contributed by atoms with Crippen molar-refractivity contribution in [2.75, 3.05) is 11.1 Å². The predicted octanol–water partition coefficient (Wildman–Crippen LogP) is 3.83.